The van der Waals surface area contributed by atoms with Crippen molar-refractivity contribution in [2.75, 3.05) is 19.8 Å². The normalized spacial score (nSPS) is 22.2. The van der Waals surface area contributed by atoms with Crippen molar-refractivity contribution in [3.63, 3.8) is 0 Å². The lowest BCUT2D eigenvalue weighted by Crippen LogP contribution is -2.42. The van der Waals surface area contributed by atoms with Crippen LogP contribution in [0.4, 0.5) is 0 Å². The van der Waals surface area contributed by atoms with Gasteiger partial charge >= 0.3 is 0 Å². The lowest BCUT2D eigenvalue weighted by molar-refractivity contribution is -0.0291. The molecule has 72 valence electrons. The highest BCUT2D eigenvalue weighted by molar-refractivity contribution is 4.85. The largest absolute Gasteiger partial charge is 0.386 e. The van der Waals surface area contributed by atoms with Crippen LogP contribution in [0.3, 0.4) is 0 Å². The second-order valence-electron chi connectivity index (χ2n) is 3.79. The molecule has 1 saturated carbocycles. The lowest BCUT2D eigenvalue weighted by atomic mass is 10.1. The molecule has 2 N–H and O–H groups in total. The topological polar surface area (TPSA) is 41.5 Å². The van der Waals surface area contributed by atoms with Gasteiger partial charge in [0, 0.05) is 19.2 Å². The fourth-order valence-electron chi connectivity index (χ4n) is 1.02. The van der Waals surface area contributed by atoms with Crippen LogP contribution in [0.2, 0.25) is 0 Å². The van der Waals surface area contributed by atoms with Gasteiger partial charge in [-0.3, -0.25) is 0 Å². The van der Waals surface area contributed by atoms with Gasteiger partial charge in [-0.2, -0.15) is 0 Å². The monoisotopic (exact) mass is 173 g/mol. The van der Waals surface area contributed by atoms with Crippen molar-refractivity contribution in [3.05, 3.63) is 0 Å². The zero-order valence-electron chi connectivity index (χ0n) is 7.97. The summed E-state index contributed by atoms with van der Waals surface area (Å²) in [7, 11) is 0. The minimum absolute atomic E-state index is 0.420. The third-order valence-electron chi connectivity index (χ3n) is 1.97. The first-order chi connectivity index (χ1) is 5.64. The van der Waals surface area contributed by atoms with Crippen LogP contribution >= 0.6 is 0 Å². The first-order valence-corrected chi connectivity index (χ1v) is 4.67. The van der Waals surface area contributed by atoms with Crippen molar-refractivity contribution < 1.29 is 9.84 Å². The van der Waals surface area contributed by atoms with E-state index < -0.39 is 5.60 Å². The van der Waals surface area contributed by atoms with E-state index in [-0.39, 0.29) is 0 Å². The van der Waals surface area contributed by atoms with Gasteiger partial charge in [-0.05, 0) is 26.7 Å². The molecule has 1 aliphatic carbocycles. The number of hydrogen-bond donors (Lipinski definition) is 2. The molecule has 0 amide bonds. The van der Waals surface area contributed by atoms with Crippen molar-refractivity contribution >= 4 is 0 Å². The van der Waals surface area contributed by atoms with Gasteiger partial charge in [0.15, 0.2) is 0 Å². The predicted octanol–water partition coefficient (Wildman–Crippen LogP) is 0.526. The number of hydrogen-bond acceptors (Lipinski definition) is 3. The van der Waals surface area contributed by atoms with Gasteiger partial charge in [0.05, 0.1) is 12.2 Å². The van der Waals surface area contributed by atoms with E-state index in [0.29, 0.717) is 25.8 Å². The van der Waals surface area contributed by atoms with Gasteiger partial charge in [-0.1, -0.05) is 0 Å². The molecular weight excluding hydrogens is 154 g/mol. The van der Waals surface area contributed by atoms with Crippen molar-refractivity contribution in [2.24, 2.45) is 0 Å². The van der Waals surface area contributed by atoms with Crippen LogP contribution < -0.4 is 5.32 Å². The second-order valence-corrected chi connectivity index (χ2v) is 3.79. The van der Waals surface area contributed by atoms with E-state index in [0.717, 1.165) is 0 Å². The van der Waals surface area contributed by atoms with Crippen LogP contribution in [0.15, 0.2) is 0 Å². The Kier molecular flexibility index (Phi) is 3.50. The molecule has 3 heteroatoms. The summed E-state index contributed by atoms with van der Waals surface area (Å²) in [5.41, 5.74) is -0.710. The minimum atomic E-state index is -0.710. The van der Waals surface area contributed by atoms with E-state index >= 15 is 0 Å². The van der Waals surface area contributed by atoms with Gasteiger partial charge in [-0.15, -0.1) is 0 Å². The van der Waals surface area contributed by atoms with Crippen LogP contribution in [0, 0.1) is 0 Å². The number of nitrogens with one attached hydrogen (secondary N) is 1. The highest BCUT2D eigenvalue weighted by Gasteiger charge is 2.26. The first-order valence-electron chi connectivity index (χ1n) is 4.67. The highest BCUT2D eigenvalue weighted by atomic mass is 16.5. The number of rotatable bonds is 6. The van der Waals surface area contributed by atoms with E-state index in [1.165, 1.54) is 12.8 Å². The molecule has 0 aromatic carbocycles. The van der Waals surface area contributed by atoms with Crippen molar-refractivity contribution in [2.45, 2.75) is 38.3 Å². The van der Waals surface area contributed by atoms with Gasteiger partial charge in [0.2, 0.25) is 0 Å². The summed E-state index contributed by atoms with van der Waals surface area (Å²) in [6, 6.07) is 0.651. The maximum absolute atomic E-state index is 9.73. The molecule has 0 radical (unpaired) electrons. The molecule has 3 nitrogen and oxygen atoms in total. The Balaban J connectivity index is 2.07. The summed E-state index contributed by atoms with van der Waals surface area (Å²) in [4.78, 5) is 0. The molecule has 1 atom stereocenters. The Bertz CT molecular complexity index is 132. The molecular formula is C9H19NO2. The predicted molar refractivity (Wildman–Crippen MR) is 48.1 cm³/mol. The highest BCUT2D eigenvalue weighted by Crippen LogP contribution is 2.19. The number of aliphatic hydroxyl groups is 1. The molecule has 1 rings (SSSR count). The smallest absolute Gasteiger partial charge is 0.0975 e. The maximum Gasteiger partial charge on any atom is 0.0975 e. The molecule has 0 aromatic heterocycles. The van der Waals surface area contributed by atoms with Crippen molar-refractivity contribution in [1.82, 2.24) is 5.32 Å². The van der Waals surface area contributed by atoms with Crippen molar-refractivity contribution in [3.8, 4) is 0 Å². The van der Waals surface area contributed by atoms with Crippen LogP contribution in [-0.2, 0) is 4.74 Å². The molecule has 1 fully saturated rings. The fraction of sp³-hybridized carbons (Fsp3) is 1.00. The summed E-state index contributed by atoms with van der Waals surface area (Å²) >= 11 is 0. The Morgan fingerprint density at radius 3 is 2.75 bits per heavy atom. The van der Waals surface area contributed by atoms with Gasteiger partial charge < -0.3 is 15.2 Å². The molecule has 1 aliphatic rings. The summed E-state index contributed by atoms with van der Waals surface area (Å²) in [5.74, 6) is 0. The van der Waals surface area contributed by atoms with Crippen LogP contribution in [0.1, 0.15) is 26.7 Å². The summed E-state index contributed by atoms with van der Waals surface area (Å²) in [6.45, 7) is 5.46. The average molecular weight is 173 g/mol. The summed E-state index contributed by atoms with van der Waals surface area (Å²) in [6.07, 6.45) is 2.51. The Hall–Kier alpha value is -0.120. The van der Waals surface area contributed by atoms with Crippen LogP contribution in [0.25, 0.3) is 0 Å². The minimum Gasteiger partial charge on any atom is -0.386 e. The van der Waals surface area contributed by atoms with E-state index in [9.17, 15) is 5.11 Å². The Labute approximate surface area is 74.1 Å². The van der Waals surface area contributed by atoms with E-state index in [2.05, 4.69) is 5.32 Å². The second kappa shape index (κ2) is 4.21. The van der Waals surface area contributed by atoms with Crippen LogP contribution in [-0.4, -0.2) is 36.5 Å². The molecule has 0 heterocycles. The van der Waals surface area contributed by atoms with Gasteiger partial charge in [0.25, 0.3) is 0 Å². The fourth-order valence-corrected chi connectivity index (χ4v) is 1.02. The molecule has 12 heavy (non-hydrogen) atoms. The molecule has 0 aromatic rings. The lowest BCUT2D eigenvalue weighted by Gasteiger charge is -2.23. The van der Waals surface area contributed by atoms with E-state index in [4.69, 9.17) is 4.74 Å². The first kappa shape index (κ1) is 9.96. The van der Waals surface area contributed by atoms with Crippen LogP contribution in [0.5, 0.6) is 0 Å². The SMILES string of the molecule is CCOCC(C)(O)CNC1CC1. The molecule has 0 spiro atoms. The Morgan fingerprint density at radius 1 is 1.58 bits per heavy atom. The standard InChI is InChI=1S/C9H19NO2/c1-3-12-7-9(2,11)6-10-8-4-5-8/h8,10-11H,3-7H2,1-2H3. The maximum atomic E-state index is 9.73. The molecule has 1 unspecified atom stereocenters. The number of ether oxygens (including phenoxy) is 1. The molecule has 0 saturated heterocycles. The van der Waals surface area contributed by atoms with E-state index in [1.54, 1.807) is 6.92 Å². The quantitative estimate of drug-likeness (QED) is 0.615. The average Bonchev–Trinajstić information content (AvgIpc) is 2.81. The van der Waals surface area contributed by atoms with Gasteiger partial charge in [-0.25, -0.2) is 0 Å². The molecule has 0 bridgehead atoms. The zero-order valence-corrected chi connectivity index (χ0v) is 7.97. The van der Waals surface area contributed by atoms with E-state index in [1.807, 2.05) is 6.92 Å². The zero-order chi connectivity index (χ0) is 9.03. The third-order valence-corrected chi connectivity index (χ3v) is 1.97. The molecule has 0 aliphatic heterocycles. The summed E-state index contributed by atoms with van der Waals surface area (Å²) in [5, 5.41) is 13.0. The third kappa shape index (κ3) is 4.04. The van der Waals surface area contributed by atoms with Crippen molar-refractivity contribution in [1.29, 1.82) is 0 Å². The Morgan fingerprint density at radius 2 is 2.25 bits per heavy atom. The van der Waals surface area contributed by atoms with Gasteiger partial charge in [0.1, 0.15) is 0 Å². The summed E-state index contributed by atoms with van der Waals surface area (Å²) < 4.78 is 5.16.